The van der Waals surface area contributed by atoms with E-state index < -0.39 is 0 Å². The van der Waals surface area contributed by atoms with E-state index in [4.69, 9.17) is 9.78 Å². The van der Waals surface area contributed by atoms with Crippen LogP contribution in [-0.2, 0) is 19.4 Å². The standard InChI is InChI=1S/C11H13N5O/c1-8-7-9(2)16(14-8)6-4-11-13-10(3-5-12)15-17-11/h7H,3-4,6H2,1-2H3. The maximum Gasteiger partial charge on any atom is 0.228 e. The van der Waals surface area contributed by atoms with E-state index in [9.17, 15) is 0 Å². The summed E-state index contributed by atoms with van der Waals surface area (Å²) in [5, 5.41) is 16.5. The molecule has 0 aliphatic heterocycles. The Kier molecular flexibility index (Phi) is 3.19. The molecule has 0 aromatic carbocycles. The number of nitriles is 1. The summed E-state index contributed by atoms with van der Waals surface area (Å²) in [6, 6.07) is 4.00. The fourth-order valence-corrected chi connectivity index (χ4v) is 1.64. The lowest BCUT2D eigenvalue weighted by molar-refractivity contribution is 0.364. The van der Waals surface area contributed by atoms with Crippen molar-refractivity contribution in [2.24, 2.45) is 0 Å². The van der Waals surface area contributed by atoms with Gasteiger partial charge in [-0.15, -0.1) is 0 Å². The van der Waals surface area contributed by atoms with Crippen LogP contribution in [0.15, 0.2) is 10.6 Å². The van der Waals surface area contributed by atoms with Gasteiger partial charge in [-0.1, -0.05) is 5.16 Å². The van der Waals surface area contributed by atoms with Crippen LogP contribution >= 0.6 is 0 Å². The van der Waals surface area contributed by atoms with Gasteiger partial charge in [-0.2, -0.15) is 15.3 Å². The molecule has 0 bridgehead atoms. The zero-order valence-electron chi connectivity index (χ0n) is 9.84. The quantitative estimate of drug-likeness (QED) is 0.789. The molecule has 6 heteroatoms. The average Bonchev–Trinajstić information content (AvgIpc) is 2.83. The van der Waals surface area contributed by atoms with Gasteiger partial charge >= 0.3 is 0 Å². The Labute approximate surface area is 98.9 Å². The smallest absolute Gasteiger partial charge is 0.228 e. The molecule has 0 fully saturated rings. The molecule has 0 N–H and O–H groups in total. The first-order valence-corrected chi connectivity index (χ1v) is 5.38. The van der Waals surface area contributed by atoms with Gasteiger partial charge in [0.05, 0.1) is 18.2 Å². The van der Waals surface area contributed by atoms with E-state index >= 15 is 0 Å². The van der Waals surface area contributed by atoms with Gasteiger partial charge < -0.3 is 4.52 Å². The van der Waals surface area contributed by atoms with E-state index in [1.165, 1.54) is 0 Å². The Morgan fingerprint density at radius 1 is 1.47 bits per heavy atom. The molecular formula is C11H13N5O. The molecule has 0 saturated carbocycles. The Morgan fingerprint density at radius 3 is 2.94 bits per heavy atom. The maximum atomic E-state index is 8.49. The summed E-state index contributed by atoms with van der Waals surface area (Å²) in [6.45, 7) is 4.67. The molecule has 88 valence electrons. The molecule has 0 radical (unpaired) electrons. The minimum atomic E-state index is 0.184. The van der Waals surface area contributed by atoms with Crippen molar-refractivity contribution >= 4 is 0 Å². The van der Waals surface area contributed by atoms with Crippen LogP contribution in [0.3, 0.4) is 0 Å². The van der Waals surface area contributed by atoms with Gasteiger partial charge in [0.1, 0.15) is 0 Å². The summed E-state index contributed by atoms with van der Waals surface area (Å²) in [5.74, 6) is 0.985. The van der Waals surface area contributed by atoms with Crippen LogP contribution < -0.4 is 0 Å². The van der Waals surface area contributed by atoms with Gasteiger partial charge in [-0.3, -0.25) is 4.68 Å². The van der Waals surface area contributed by atoms with Crippen LogP contribution in [0.2, 0.25) is 0 Å². The van der Waals surface area contributed by atoms with Gasteiger partial charge in [0.2, 0.25) is 5.89 Å². The predicted molar refractivity (Wildman–Crippen MR) is 59.0 cm³/mol. The SMILES string of the molecule is Cc1cc(C)n(CCc2nc(CC#N)no2)n1. The molecule has 17 heavy (non-hydrogen) atoms. The van der Waals surface area contributed by atoms with Crippen molar-refractivity contribution in [3.63, 3.8) is 0 Å². The summed E-state index contributed by atoms with van der Waals surface area (Å²) < 4.78 is 6.94. The van der Waals surface area contributed by atoms with Crippen molar-refractivity contribution in [1.29, 1.82) is 5.26 Å². The number of rotatable bonds is 4. The van der Waals surface area contributed by atoms with Gasteiger partial charge in [0, 0.05) is 18.7 Å². The van der Waals surface area contributed by atoms with Gasteiger partial charge in [-0.25, -0.2) is 0 Å². The molecule has 0 aliphatic rings. The van der Waals surface area contributed by atoms with Gasteiger partial charge in [-0.05, 0) is 19.9 Å². The lowest BCUT2D eigenvalue weighted by atomic mass is 10.4. The van der Waals surface area contributed by atoms with E-state index in [1.54, 1.807) is 0 Å². The number of hydrogen-bond acceptors (Lipinski definition) is 5. The van der Waals surface area contributed by atoms with Crippen molar-refractivity contribution in [3.05, 3.63) is 29.2 Å². The summed E-state index contributed by atoms with van der Waals surface area (Å²) in [5.41, 5.74) is 2.11. The lowest BCUT2D eigenvalue weighted by Crippen LogP contribution is -2.05. The summed E-state index contributed by atoms with van der Waals surface area (Å²) in [6.07, 6.45) is 0.809. The molecule has 2 rings (SSSR count). The summed E-state index contributed by atoms with van der Waals surface area (Å²) in [7, 11) is 0. The molecule has 2 heterocycles. The van der Waals surface area contributed by atoms with Crippen LogP contribution in [0.5, 0.6) is 0 Å². The third-order valence-electron chi connectivity index (χ3n) is 2.39. The molecule has 0 saturated heterocycles. The number of hydrogen-bond donors (Lipinski definition) is 0. The van der Waals surface area contributed by atoms with Crippen molar-refractivity contribution < 1.29 is 4.52 Å². The van der Waals surface area contributed by atoms with Crippen LogP contribution in [0.25, 0.3) is 0 Å². The first kappa shape index (κ1) is 11.3. The second-order valence-corrected chi connectivity index (χ2v) is 3.84. The van der Waals surface area contributed by atoms with E-state index in [2.05, 4.69) is 15.2 Å². The minimum absolute atomic E-state index is 0.184. The molecule has 0 unspecified atom stereocenters. The van der Waals surface area contributed by atoms with Gasteiger partial charge in [0.15, 0.2) is 5.82 Å². The number of aromatic nitrogens is 4. The van der Waals surface area contributed by atoms with E-state index in [1.807, 2.05) is 30.7 Å². The third kappa shape index (κ3) is 2.69. The van der Waals surface area contributed by atoms with Crippen LogP contribution in [0.4, 0.5) is 0 Å². The predicted octanol–water partition coefficient (Wildman–Crippen LogP) is 1.19. The lowest BCUT2D eigenvalue weighted by Gasteiger charge is -2.00. The summed E-state index contributed by atoms with van der Waals surface area (Å²) in [4.78, 5) is 4.11. The highest BCUT2D eigenvalue weighted by Gasteiger charge is 2.07. The highest BCUT2D eigenvalue weighted by atomic mass is 16.5. The molecule has 2 aromatic rings. The van der Waals surface area contributed by atoms with Crippen LogP contribution in [0, 0.1) is 25.2 Å². The van der Waals surface area contributed by atoms with Crippen molar-refractivity contribution in [3.8, 4) is 6.07 Å². The van der Waals surface area contributed by atoms with Crippen LogP contribution in [0.1, 0.15) is 23.1 Å². The molecule has 0 aliphatic carbocycles. The minimum Gasteiger partial charge on any atom is -0.339 e. The number of aryl methyl sites for hydroxylation is 4. The summed E-state index contributed by atoms with van der Waals surface area (Å²) >= 11 is 0. The Morgan fingerprint density at radius 2 is 2.29 bits per heavy atom. The van der Waals surface area contributed by atoms with Crippen molar-refractivity contribution in [1.82, 2.24) is 19.9 Å². The second-order valence-electron chi connectivity index (χ2n) is 3.84. The Bertz CT molecular complexity index is 548. The fourth-order valence-electron chi connectivity index (χ4n) is 1.64. The number of nitrogens with zero attached hydrogens (tertiary/aromatic N) is 5. The highest BCUT2D eigenvalue weighted by Crippen LogP contribution is 2.05. The zero-order chi connectivity index (χ0) is 12.3. The molecular weight excluding hydrogens is 218 g/mol. The van der Waals surface area contributed by atoms with Gasteiger partial charge in [0.25, 0.3) is 0 Å². The zero-order valence-corrected chi connectivity index (χ0v) is 9.84. The van der Waals surface area contributed by atoms with E-state index in [0.717, 1.165) is 11.4 Å². The monoisotopic (exact) mass is 231 g/mol. The topological polar surface area (TPSA) is 80.5 Å². The molecule has 2 aromatic heterocycles. The van der Waals surface area contributed by atoms with Crippen molar-refractivity contribution in [2.75, 3.05) is 0 Å². The first-order valence-electron chi connectivity index (χ1n) is 5.38. The molecule has 0 spiro atoms. The van der Waals surface area contributed by atoms with E-state index in [-0.39, 0.29) is 6.42 Å². The van der Waals surface area contributed by atoms with E-state index in [0.29, 0.717) is 24.7 Å². The molecule has 0 atom stereocenters. The third-order valence-corrected chi connectivity index (χ3v) is 2.39. The normalized spacial score (nSPS) is 10.4. The first-order chi connectivity index (χ1) is 8.19. The maximum absolute atomic E-state index is 8.49. The molecule has 0 amide bonds. The fraction of sp³-hybridized carbons (Fsp3) is 0.455. The Balaban J connectivity index is 1.98. The second kappa shape index (κ2) is 4.78. The Hall–Kier alpha value is -2.16. The largest absolute Gasteiger partial charge is 0.339 e. The average molecular weight is 231 g/mol. The van der Waals surface area contributed by atoms with Crippen molar-refractivity contribution in [2.45, 2.75) is 33.2 Å². The highest BCUT2D eigenvalue weighted by molar-refractivity contribution is 5.06. The van der Waals surface area contributed by atoms with Crippen LogP contribution in [-0.4, -0.2) is 19.9 Å². The molecule has 6 nitrogen and oxygen atoms in total.